The second-order valence-electron chi connectivity index (χ2n) is 5.19. The maximum Gasteiger partial charge on any atom is 0.244 e. The van der Waals surface area contributed by atoms with E-state index in [1.165, 1.54) is 0 Å². The zero-order valence-corrected chi connectivity index (χ0v) is 12.9. The van der Waals surface area contributed by atoms with Crippen LogP contribution < -0.4 is 10.0 Å². The summed E-state index contributed by atoms with van der Waals surface area (Å²) in [4.78, 5) is 0.224. The largest absolute Gasteiger partial charge is 0.464 e. The Hall–Kier alpha value is -0.890. The van der Waals surface area contributed by atoms with Gasteiger partial charge in [-0.15, -0.1) is 0 Å². The van der Waals surface area contributed by atoms with Gasteiger partial charge in [-0.2, -0.15) is 0 Å². The predicted octanol–water partition coefficient (Wildman–Crippen LogP) is 1.15. The van der Waals surface area contributed by atoms with E-state index in [9.17, 15) is 8.42 Å². The third-order valence-electron chi connectivity index (χ3n) is 3.37. The van der Waals surface area contributed by atoms with Gasteiger partial charge >= 0.3 is 0 Å². The predicted molar refractivity (Wildman–Crippen MR) is 75.0 cm³/mol. The summed E-state index contributed by atoms with van der Waals surface area (Å²) in [5, 5.41) is 2.94. The fourth-order valence-corrected chi connectivity index (χ4v) is 3.93. The van der Waals surface area contributed by atoms with Crippen molar-refractivity contribution in [3.05, 3.63) is 17.6 Å². The highest BCUT2D eigenvalue weighted by Crippen LogP contribution is 2.22. The lowest BCUT2D eigenvalue weighted by atomic mass is 10.1. The van der Waals surface area contributed by atoms with E-state index in [-0.39, 0.29) is 17.0 Å². The lowest BCUT2D eigenvalue weighted by Gasteiger charge is -2.27. The van der Waals surface area contributed by atoms with Crippen LogP contribution in [0.25, 0.3) is 0 Å². The Balaban J connectivity index is 2.13. The first-order chi connectivity index (χ1) is 9.42. The summed E-state index contributed by atoms with van der Waals surface area (Å²) in [6.45, 7) is 4.71. The van der Waals surface area contributed by atoms with Gasteiger partial charge in [0.05, 0.1) is 12.6 Å². The molecular weight excluding hydrogens is 280 g/mol. The van der Waals surface area contributed by atoms with E-state index in [4.69, 9.17) is 9.15 Å². The molecule has 1 aliphatic heterocycles. The van der Waals surface area contributed by atoms with E-state index in [0.29, 0.717) is 37.5 Å². The summed E-state index contributed by atoms with van der Waals surface area (Å²) in [5.74, 6) is 1.04. The van der Waals surface area contributed by atoms with Gasteiger partial charge in [-0.05, 0) is 33.7 Å². The molecule has 2 atom stereocenters. The van der Waals surface area contributed by atoms with Crippen molar-refractivity contribution in [3.63, 3.8) is 0 Å². The highest BCUT2D eigenvalue weighted by molar-refractivity contribution is 7.89. The van der Waals surface area contributed by atoms with E-state index in [1.54, 1.807) is 20.0 Å². The summed E-state index contributed by atoms with van der Waals surface area (Å²) in [6.07, 6.45) is 1.48. The van der Waals surface area contributed by atoms with Crippen molar-refractivity contribution in [2.24, 2.45) is 0 Å². The number of hydrogen-bond acceptors (Lipinski definition) is 5. The summed E-state index contributed by atoms with van der Waals surface area (Å²) in [6, 6.07) is 1.50. The van der Waals surface area contributed by atoms with Crippen LogP contribution in [0.4, 0.5) is 0 Å². The smallest absolute Gasteiger partial charge is 0.244 e. The Morgan fingerprint density at radius 3 is 2.85 bits per heavy atom. The van der Waals surface area contributed by atoms with Crippen LogP contribution in [0.2, 0.25) is 0 Å². The second kappa shape index (κ2) is 6.26. The zero-order valence-electron chi connectivity index (χ0n) is 12.1. The molecule has 2 unspecified atom stereocenters. The molecule has 0 aliphatic carbocycles. The molecule has 0 bridgehead atoms. The topological polar surface area (TPSA) is 80.6 Å². The SMILES string of the molecule is CNCc1cc(S(=O)(=O)NC2CCOC(C)C2)c(C)o1. The van der Waals surface area contributed by atoms with E-state index in [1.807, 2.05) is 6.92 Å². The minimum absolute atomic E-state index is 0.0780. The maximum absolute atomic E-state index is 12.4. The molecule has 1 aromatic rings. The third kappa shape index (κ3) is 3.60. The number of furan rings is 1. The van der Waals surface area contributed by atoms with E-state index in [0.717, 1.165) is 0 Å². The standard InChI is InChI=1S/C13H22N2O4S/c1-9-6-11(4-5-18-9)15-20(16,17)13-7-12(8-14-3)19-10(13)2/h7,9,11,14-15H,4-6,8H2,1-3H3. The lowest BCUT2D eigenvalue weighted by Crippen LogP contribution is -2.41. The molecule has 1 aromatic heterocycles. The molecule has 114 valence electrons. The number of nitrogens with one attached hydrogen (secondary N) is 2. The molecule has 1 fully saturated rings. The molecule has 7 heteroatoms. The average Bonchev–Trinajstić information content (AvgIpc) is 2.71. The Bertz CT molecular complexity index is 553. The number of ether oxygens (including phenoxy) is 1. The van der Waals surface area contributed by atoms with Crippen LogP contribution in [-0.4, -0.2) is 34.2 Å². The van der Waals surface area contributed by atoms with Crippen LogP contribution >= 0.6 is 0 Å². The summed E-state index contributed by atoms with van der Waals surface area (Å²) in [5.41, 5.74) is 0. The molecule has 2 heterocycles. The van der Waals surface area contributed by atoms with Crippen molar-refractivity contribution in [1.29, 1.82) is 0 Å². The van der Waals surface area contributed by atoms with Gasteiger partial charge < -0.3 is 14.5 Å². The molecule has 2 rings (SSSR count). The summed E-state index contributed by atoms with van der Waals surface area (Å²) in [7, 11) is -1.75. The van der Waals surface area contributed by atoms with Gasteiger partial charge in [0.15, 0.2) is 0 Å². The molecular formula is C13H22N2O4S. The fraction of sp³-hybridized carbons (Fsp3) is 0.692. The Morgan fingerprint density at radius 1 is 1.45 bits per heavy atom. The van der Waals surface area contributed by atoms with Gasteiger partial charge in [0.2, 0.25) is 10.0 Å². The summed E-state index contributed by atoms with van der Waals surface area (Å²) >= 11 is 0. The van der Waals surface area contributed by atoms with Crippen molar-refractivity contribution < 1.29 is 17.6 Å². The van der Waals surface area contributed by atoms with Gasteiger partial charge in [-0.1, -0.05) is 0 Å². The van der Waals surface area contributed by atoms with Crippen LogP contribution in [-0.2, 0) is 21.3 Å². The van der Waals surface area contributed by atoms with Crippen LogP contribution in [0.15, 0.2) is 15.4 Å². The molecule has 0 radical (unpaired) electrons. The average molecular weight is 302 g/mol. The highest BCUT2D eigenvalue weighted by atomic mass is 32.2. The van der Waals surface area contributed by atoms with Gasteiger partial charge in [-0.3, -0.25) is 0 Å². The van der Waals surface area contributed by atoms with E-state index in [2.05, 4.69) is 10.0 Å². The minimum atomic E-state index is -3.54. The molecule has 0 amide bonds. The molecule has 0 spiro atoms. The normalized spacial score (nSPS) is 23.9. The van der Waals surface area contributed by atoms with Gasteiger partial charge in [-0.25, -0.2) is 13.1 Å². The van der Waals surface area contributed by atoms with Crippen LogP contribution in [0.1, 0.15) is 31.3 Å². The van der Waals surface area contributed by atoms with Crippen molar-refractivity contribution in [3.8, 4) is 0 Å². The maximum atomic E-state index is 12.4. The molecule has 20 heavy (non-hydrogen) atoms. The molecule has 0 saturated carbocycles. The molecule has 6 nitrogen and oxygen atoms in total. The first kappa shape index (κ1) is 15.5. The molecule has 0 aromatic carbocycles. The number of rotatable bonds is 5. The third-order valence-corrected chi connectivity index (χ3v) is 5.00. The quantitative estimate of drug-likeness (QED) is 0.853. The van der Waals surface area contributed by atoms with E-state index >= 15 is 0 Å². The lowest BCUT2D eigenvalue weighted by molar-refractivity contribution is 0.0173. The molecule has 2 N–H and O–H groups in total. The first-order valence-corrected chi connectivity index (χ1v) is 8.28. The van der Waals surface area contributed by atoms with Crippen molar-refractivity contribution >= 4 is 10.0 Å². The van der Waals surface area contributed by atoms with Crippen LogP contribution in [0, 0.1) is 6.92 Å². The van der Waals surface area contributed by atoms with Gasteiger partial charge in [0.25, 0.3) is 0 Å². The number of hydrogen-bond donors (Lipinski definition) is 2. The minimum Gasteiger partial charge on any atom is -0.464 e. The highest BCUT2D eigenvalue weighted by Gasteiger charge is 2.27. The Kier molecular flexibility index (Phi) is 4.85. The number of aryl methyl sites for hydroxylation is 1. The fourth-order valence-electron chi connectivity index (χ4n) is 2.44. The van der Waals surface area contributed by atoms with Crippen molar-refractivity contribution in [2.45, 2.75) is 50.3 Å². The monoisotopic (exact) mass is 302 g/mol. The van der Waals surface area contributed by atoms with Crippen LogP contribution in [0.5, 0.6) is 0 Å². The molecule has 1 saturated heterocycles. The van der Waals surface area contributed by atoms with Crippen molar-refractivity contribution in [2.75, 3.05) is 13.7 Å². The Labute approximate surface area is 119 Å². The second-order valence-corrected chi connectivity index (χ2v) is 6.87. The summed E-state index contributed by atoms with van der Waals surface area (Å²) < 4.78 is 38.4. The van der Waals surface area contributed by atoms with Crippen LogP contribution in [0.3, 0.4) is 0 Å². The Morgan fingerprint density at radius 2 is 2.20 bits per heavy atom. The number of sulfonamides is 1. The van der Waals surface area contributed by atoms with Gasteiger partial charge in [0, 0.05) is 18.7 Å². The van der Waals surface area contributed by atoms with Gasteiger partial charge in [0.1, 0.15) is 16.4 Å². The van der Waals surface area contributed by atoms with Crippen molar-refractivity contribution in [1.82, 2.24) is 10.0 Å². The van der Waals surface area contributed by atoms with E-state index < -0.39 is 10.0 Å². The zero-order chi connectivity index (χ0) is 14.8. The first-order valence-electron chi connectivity index (χ1n) is 6.80. The molecule has 1 aliphatic rings.